The van der Waals surface area contributed by atoms with Crippen LogP contribution >= 0.6 is 0 Å². The highest BCUT2D eigenvalue weighted by atomic mass is 16.5. The molecule has 1 atom stereocenters. The number of carbonyl (C=O) groups is 2. The van der Waals surface area contributed by atoms with Crippen molar-refractivity contribution in [3.63, 3.8) is 0 Å². The molecular formula is C15H20N2O3. The second-order valence-electron chi connectivity index (χ2n) is 5.13. The first kappa shape index (κ1) is 14.4. The van der Waals surface area contributed by atoms with Gasteiger partial charge in [0.05, 0.1) is 5.56 Å². The average Bonchev–Trinajstić information content (AvgIpc) is 2.45. The van der Waals surface area contributed by atoms with E-state index in [1.807, 2.05) is 6.92 Å². The molecule has 1 aromatic rings. The minimum absolute atomic E-state index is 0.124. The Kier molecular flexibility index (Phi) is 4.61. The van der Waals surface area contributed by atoms with Crippen molar-refractivity contribution in [2.24, 2.45) is 0 Å². The summed E-state index contributed by atoms with van der Waals surface area (Å²) in [4.78, 5) is 25.6. The fraction of sp³-hybridized carbons (Fsp3) is 0.467. The van der Waals surface area contributed by atoms with Gasteiger partial charge in [0.15, 0.2) is 6.61 Å². The summed E-state index contributed by atoms with van der Waals surface area (Å²) in [5, 5.41) is 0. The molecule has 20 heavy (non-hydrogen) atoms. The molecule has 2 rings (SSSR count). The first-order chi connectivity index (χ1) is 9.58. The van der Waals surface area contributed by atoms with Gasteiger partial charge in [-0.1, -0.05) is 0 Å². The lowest BCUT2D eigenvalue weighted by Gasteiger charge is -2.33. The largest absolute Gasteiger partial charge is 0.452 e. The van der Waals surface area contributed by atoms with E-state index in [4.69, 9.17) is 10.5 Å². The van der Waals surface area contributed by atoms with Crippen LogP contribution in [0.2, 0.25) is 0 Å². The zero-order valence-electron chi connectivity index (χ0n) is 11.7. The van der Waals surface area contributed by atoms with E-state index in [-0.39, 0.29) is 18.6 Å². The third-order valence-corrected chi connectivity index (χ3v) is 3.60. The van der Waals surface area contributed by atoms with Crippen molar-refractivity contribution in [3.05, 3.63) is 29.8 Å². The Morgan fingerprint density at radius 3 is 2.65 bits per heavy atom. The molecule has 5 heteroatoms. The van der Waals surface area contributed by atoms with Gasteiger partial charge in [-0.3, -0.25) is 4.79 Å². The van der Waals surface area contributed by atoms with Gasteiger partial charge in [0.1, 0.15) is 0 Å². The Bertz CT molecular complexity index is 484. The van der Waals surface area contributed by atoms with E-state index in [1.54, 1.807) is 29.2 Å². The predicted octanol–water partition coefficient (Wildman–Crippen LogP) is 1.83. The zero-order valence-corrected chi connectivity index (χ0v) is 11.7. The summed E-state index contributed by atoms with van der Waals surface area (Å²) in [5.74, 6) is -0.621. The van der Waals surface area contributed by atoms with Crippen molar-refractivity contribution >= 4 is 17.6 Å². The second kappa shape index (κ2) is 6.41. The normalized spacial score (nSPS) is 18.6. The number of piperidine rings is 1. The van der Waals surface area contributed by atoms with E-state index >= 15 is 0 Å². The molecule has 1 aromatic carbocycles. The predicted molar refractivity (Wildman–Crippen MR) is 76.2 cm³/mol. The number of carbonyl (C=O) groups excluding carboxylic acids is 2. The Morgan fingerprint density at radius 2 is 2.00 bits per heavy atom. The van der Waals surface area contributed by atoms with E-state index in [2.05, 4.69) is 0 Å². The molecule has 5 nitrogen and oxygen atoms in total. The molecule has 1 fully saturated rings. The summed E-state index contributed by atoms with van der Waals surface area (Å²) in [5.41, 5.74) is 6.53. The SMILES string of the molecule is C[C@H]1CCCCN1C(=O)COC(=O)c1ccc(N)cc1. The first-order valence-electron chi connectivity index (χ1n) is 6.90. The molecule has 0 aliphatic carbocycles. The van der Waals surface area contributed by atoms with Crippen LogP contribution in [0.15, 0.2) is 24.3 Å². The molecule has 1 aliphatic heterocycles. The number of amides is 1. The number of esters is 1. The molecule has 0 aromatic heterocycles. The maximum absolute atomic E-state index is 12.0. The summed E-state index contributed by atoms with van der Waals surface area (Å²) in [6.07, 6.45) is 3.18. The summed E-state index contributed by atoms with van der Waals surface area (Å²) in [6, 6.07) is 6.67. The highest BCUT2D eigenvalue weighted by Gasteiger charge is 2.24. The number of ether oxygens (including phenoxy) is 1. The van der Waals surface area contributed by atoms with Gasteiger partial charge in [0, 0.05) is 18.3 Å². The van der Waals surface area contributed by atoms with Gasteiger partial charge in [-0.15, -0.1) is 0 Å². The maximum Gasteiger partial charge on any atom is 0.338 e. The van der Waals surface area contributed by atoms with Crippen LogP contribution in [0.3, 0.4) is 0 Å². The van der Waals surface area contributed by atoms with Gasteiger partial charge >= 0.3 is 5.97 Å². The van der Waals surface area contributed by atoms with Crippen molar-refractivity contribution < 1.29 is 14.3 Å². The lowest BCUT2D eigenvalue weighted by Crippen LogP contribution is -2.44. The van der Waals surface area contributed by atoms with Crippen LogP contribution in [-0.4, -0.2) is 36.0 Å². The van der Waals surface area contributed by atoms with Gasteiger partial charge < -0.3 is 15.4 Å². The third kappa shape index (κ3) is 3.50. The molecule has 0 spiro atoms. The number of hydrogen-bond donors (Lipinski definition) is 1. The number of nitrogens with two attached hydrogens (primary N) is 1. The number of nitrogen functional groups attached to an aromatic ring is 1. The van der Waals surface area contributed by atoms with Crippen LogP contribution in [0.5, 0.6) is 0 Å². The molecule has 0 saturated carbocycles. The van der Waals surface area contributed by atoms with Crippen LogP contribution < -0.4 is 5.73 Å². The Hall–Kier alpha value is -2.04. The molecule has 1 heterocycles. The van der Waals surface area contributed by atoms with Crippen molar-refractivity contribution in [1.82, 2.24) is 4.90 Å². The molecule has 1 saturated heterocycles. The topological polar surface area (TPSA) is 72.6 Å². The molecule has 1 aliphatic rings. The molecule has 2 N–H and O–H groups in total. The molecule has 0 bridgehead atoms. The second-order valence-corrected chi connectivity index (χ2v) is 5.13. The summed E-state index contributed by atoms with van der Waals surface area (Å²) in [6.45, 7) is 2.58. The fourth-order valence-corrected chi connectivity index (χ4v) is 2.38. The van der Waals surface area contributed by atoms with Gasteiger partial charge in [0.2, 0.25) is 0 Å². The third-order valence-electron chi connectivity index (χ3n) is 3.60. The van der Waals surface area contributed by atoms with E-state index < -0.39 is 5.97 Å². The van der Waals surface area contributed by atoms with Gasteiger partial charge in [-0.2, -0.15) is 0 Å². The smallest absolute Gasteiger partial charge is 0.338 e. The van der Waals surface area contributed by atoms with Gasteiger partial charge in [-0.25, -0.2) is 4.79 Å². The molecular weight excluding hydrogens is 256 g/mol. The standard InChI is InChI=1S/C15H20N2O3/c1-11-4-2-3-9-17(11)14(18)10-20-15(19)12-5-7-13(16)8-6-12/h5-8,11H,2-4,9-10,16H2,1H3/t11-/m0/s1. The lowest BCUT2D eigenvalue weighted by atomic mass is 10.0. The maximum atomic E-state index is 12.0. The van der Waals surface area contributed by atoms with Crippen LogP contribution in [0.1, 0.15) is 36.5 Å². The van der Waals surface area contributed by atoms with Crippen molar-refractivity contribution in [3.8, 4) is 0 Å². The average molecular weight is 276 g/mol. The fourth-order valence-electron chi connectivity index (χ4n) is 2.38. The number of anilines is 1. The van der Waals surface area contributed by atoms with Crippen LogP contribution in [0.4, 0.5) is 5.69 Å². The van der Waals surface area contributed by atoms with E-state index in [1.165, 1.54) is 0 Å². The number of likely N-dealkylation sites (tertiary alicyclic amines) is 1. The lowest BCUT2D eigenvalue weighted by molar-refractivity contribution is -0.137. The van der Waals surface area contributed by atoms with Crippen molar-refractivity contribution in [2.45, 2.75) is 32.2 Å². The van der Waals surface area contributed by atoms with Crippen molar-refractivity contribution in [2.75, 3.05) is 18.9 Å². The van der Waals surface area contributed by atoms with Crippen LogP contribution in [-0.2, 0) is 9.53 Å². The summed E-state index contributed by atoms with van der Waals surface area (Å²) < 4.78 is 5.06. The summed E-state index contributed by atoms with van der Waals surface area (Å²) in [7, 11) is 0. The van der Waals surface area contributed by atoms with Gasteiger partial charge in [-0.05, 0) is 50.5 Å². The number of hydrogen-bond acceptors (Lipinski definition) is 4. The quantitative estimate of drug-likeness (QED) is 0.675. The van der Waals surface area contributed by atoms with Crippen LogP contribution in [0, 0.1) is 0 Å². The van der Waals surface area contributed by atoms with Gasteiger partial charge in [0.25, 0.3) is 5.91 Å². The molecule has 0 radical (unpaired) electrons. The number of rotatable bonds is 3. The molecule has 1 amide bonds. The van der Waals surface area contributed by atoms with E-state index in [0.717, 1.165) is 25.8 Å². The Labute approximate surface area is 118 Å². The van der Waals surface area contributed by atoms with Crippen LogP contribution in [0.25, 0.3) is 0 Å². The number of benzene rings is 1. The van der Waals surface area contributed by atoms with E-state index in [9.17, 15) is 9.59 Å². The monoisotopic (exact) mass is 276 g/mol. The summed E-state index contributed by atoms with van der Waals surface area (Å²) >= 11 is 0. The highest BCUT2D eigenvalue weighted by Crippen LogP contribution is 2.16. The minimum Gasteiger partial charge on any atom is -0.452 e. The first-order valence-corrected chi connectivity index (χ1v) is 6.90. The Balaban J connectivity index is 1.86. The van der Waals surface area contributed by atoms with E-state index in [0.29, 0.717) is 11.3 Å². The minimum atomic E-state index is -0.497. The number of nitrogens with zero attached hydrogens (tertiary/aromatic N) is 1. The Morgan fingerprint density at radius 1 is 1.30 bits per heavy atom. The molecule has 0 unspecified atom stereocenters. The highest BCUT2D eigenvalue weighted by molar-refractivity contribution is 5.91. The molecule has 108 valence electrons. The zero-order chi connectivity index (χ0) is 14.5. The van der Waals surface area contributed by atoms with Crippen molar-refractivity contribution in [1.29, 1.82) is 0 Å².